The van der Waals surface area contributed by atoms with Crippen molar-refractivity contribution in [2.75, 3.05) is 13.1 Å². The zero-order valence-corrected chi connectivity index (χ0v) is 15.7. The van der Waals surface area contributed by atoms with Crippen LogP contribution in [0, 0.1) is 23.2 Å². The number of amides is 1. The number of nitrogens with zero attached hydrogens (tertiary/aromatic N) is 6. The van der Waals surface area contributed by atoms with E-state index in [-0.39, 0.29) is 11.4 Å². The van der Waals surface area contributed by atoms with E-state index in [4.69, 9.17) is 0 Å². The Balaban J connectivity index is 1.48. The first-order valence-electron chi connectivity index (χ1n) is 9.56. The lowest BCUT2D eigenvalue weighted by Gasteiger charge is -2.29. The summed E-state index contributed by atoms with van der Waals surface area (Å²) < 4.78 is 1.97. The smallest absolute Gasteiger partial charge is 0.219 e. The average molecular weight is 375 g/mol. The molecule has 2 fully saturated rings. The third-order valence-corrected chi connectivity index (χ3v) is 6.41. The van der Waals surface area contributed by atoms with Gasteiger partial charge in [-0.15, -0.1) is 0 Å². The molecule has 0 bridgehead atoms. The molecule has 2 aliphatic rings. The summed E-state index contributed by atoms with van der Waals surface area (Å²) in [5.41, 5.74) is 2.25. The van der Waals surface area contributed by atoms with E-state index in [0.717, 1.165) is 48.2 Å². The predicted molar refractivity (Wildman–Crippen MR) is 102 cm³/mol. The maximum atomic E-state index is 11.7. The summed E-state index contributed by atoms with van der Waals surface area (Å²) >= 11 is 0. The number of aromatic amines is 1. The lowest BCUT2D eigenvalue weighted by Crippen LogP contribution is -2.35. The van der Waals surface area contributed by atoms with Gasteiger partial charge < -0.3 is 9.88 Å². The quantitative estimate of drug-likeness (QED) is 0.757. The van der Waals surface area contributed by atoms with Crippen LogP contribution in [0.15, 0.2) is 31.0 Å². The van der Waals surface area contributed by atoms with Gasteiger partial charge in [0.05, 0.1) is 29.9 Å². The number of nitriles is 1. The SMILES string of the molecule is CC(=O)N1C[C@@H]2C[C@@](CC#N)(n3cc(-c4ncnc5[nH]ccc45)cn3)C[C@@H]2C1. The Bertz CT molecular complexity index is 1080. The number of likely N-dealkylation sites (tertiary alicyclic amines) is 1. The summed E-state index contributed by atoms with van der Waals surface area (Å²) in [6.07, 6.45) is 9.40. The standard InChI is InChI=1S/C20H21N7O/c1-13(28)26-9-14-6-20(3-4-21,7-15(14)10-26)27-11-16(8-25-27)18-17-2-5-22-19(17)24-12-23-18/h2,5,8,11-12,14-15H,3,6-7,9-10H2,1H3,(H,22,23,24)/t14-,15+,20+. The van der Waals surface area contributed by atoms with E-state index in [1.807, 2.05) is 34.2 Å². The van der Waals surface area contributed by atoms with Gasteiger partial charge >= 0.3 is 0 Å². The molecule has 142 valence electrons. The number of rotatable bonds is 3. The second kappa shape index (κ2) is 6.16. The Morgan fingerprint density at radius 3 is 2.86 bits per heavy atom. The fourth-order valence-corrected chi connectivity index (χ4v) is 5.08. The first kappa shape index (κ1) is 16.9. The maximum absolute atomic E-state index is 11.7. The van der Waals surface area contributed by atoms with Crippen LogP contribution < -0.4 is 0 Å². The summed E-state index contributed by atoms with van der Waals surface area (Å²) in [6.45, 7) is 3.21. The normalized spacial score (nSPS) is 26.5. The highest BCUT2D eigenvalue weighted by Crippen LogP contribution is 2.49. The van der Waals surface area contributed by atoms with E-state index in [9.17, 15) is 10.1 Å². The number of nitrogens with one attached hydrogen (secondary N) is 1. The van der Waals surface area contributed by atoms with Crippen molar-refractivity contribution < 1.29 is 4.79 Å². The van der Waals surface area contributed by atoms with Crippen LogP contribution in [0.1, 0.15) is 26.2 Å². The molecular formula is C20H21N7O. The molecule has 8 nitrogen and oxygen atoms in total. The molecule has 3 atom stereocenters. The number of carbonyl (C=O) groups is 1. The molecule has 0 aromatic carbocycles. The number of hydrogen-bond donors (Lipinski definition) is 1. The molecule has 1 N–H and O–H groups in total. The van der Waals surface area contributed by atoms with Crippen LogP contribution in [0.2, 0.25) is 0 Å². The Labute approximate surface area is 162 Å². The number of aromatic nitrogens is 5. The van der Waals surface area contributed by atoms with Crippen molar-refractivity contribution in [1.82, 2.24) is 29.6 Å². The second-order valence-electron chi connectivity index (χ2n) is 8.05. The van der Waals surface area contributed by atoms with Crippen molar-refractivity contribution in [2.24, 2.45) is 11.8 Å². The van der Waals surface area contributed by atoms with Gasteiger partial charge in [0.25, 0.3) is 0 Å². The zero-order chi connectivity index (χ0) is 19.3. The molecular weight excluding hydrogens is 354 g/mol. The van der Waals surface area contributed by atoms with Crippen LogP contribution in [-0.4, -0.2) is 48.6 Å². The zero-order valence-electron chi connectivity index (χ0n) is 15.7. The molecule has 28 heavy (non-hydrogen) atoms. The molecule has 1 saturated carbocycles. The van der Waals surface area contributed by atoms with E-state index in [1.54, 1.807) is 13.3 Å². The van der Waals surface area contributed by atoms with Gasteiger partial charge in [-0.05, 0) is 30.7 Å². The summed E-state index contributed by atoms with van der Waals surface area (Å²) in [7, 11) is 0. The van der Waals surface area contributed by atoms with Crippen LogP contribution in [0.25, 0.3) is 22.3 Å². The van der Waals surface area contributed by atoms with Crippen molar-refractivity contribution in [3.05, 3.63) is 31.0 Å². The van der Waals surface area contributed by atoms with Crippen LogP contribution in [0.5, 0.6) is 0 Å². The van der Waals surface area contributed by atoms with Gasteiger partial charge in [0, 0.05) is 43.4 Å². The van der Waals surface area contributed by atoms with Gasteiger partial charge in [-0.2, -0.15) is 10.4 Å². The lowest BCUT2D eigenvalue weighted by atomic mass is 9.92. The third-order valence-electron chi connectivity index (χ3n) is 6.41. The monoisotopic (exact) mass is 375 g/mol. The molecule has 3 aromatic heterocycles. The molecule has 8 heteroatoms. The van der Waals surface area contributed by atoms with Crippen LogP contribution in [-0.2, 0) is 10.3 Å². The molecule has 0 unspecified atom stereocenters. The minimum atomic E-state index is -0.310. The summed E-state index contributed by atoms with van der Waals surface area (Å²) in [5.74, 6) is 1.00. The Morgan fingerprint density at radius 1 is 1.36 bits per heavy atom. The highest BCUT2D eigenvalue weighted by molar-refractivity contribution is 5.90. The molecule has 0 spiro atoms. The van der Waals surface area contributed by atoms with E-state index in [1.165, 1.54) is 0 Å². The van der Waals surface area contributed by atoms with Crippen molar-refractivity contribution >= 4 is 16.9 Å². The highest BCUT2D eigenvalue weighted by atomic mass is 16.2. The third kappa shape index (κ3) is 2.50. The molecule has 1 saturated heterocycles. The first-order chi connectivity index (χ1) is 13.6. The van der Waals surface area contributed by atoms with Gasteiger partial charge in [-0.3, -0.25) is 9.48 Å². The van der Waals surface area contributed by atoms with Crippen LogP contribution in [0.4, 0.5) is 0 Å². The van der Waals surface area contributed by atoms with Crippen LogP contribution >= 0.6 is 0 Å². The van der Waals surface area contributed by atoms with Gasteiger partial charge in [-0.1, -0.05) is 0 Å². The first-order valence-corrected chi connectivity index (χ1v) is 9.56. The van der Waals surface area contributed by atoms with Crippen molar-refractivity contribution in [1.29, 1.82) is 5.26 Å². The molecule has 4 heterocycles. The van der Waals surface area contributed by atoms with Crippen LogP contribution in [0.3, 0.4) is 0 Å². The number of hydrogen-bond acceptors (Lipinski definition) is 5. The molecule has 5 rings (SSSR count). The Kier molecular flexibility index (Phi) is 3.72. The Morgan fingerprint density at radius 2 is 2.14 bits per heavy atom. The summed E-state index contributed by atoms with van der Waals surface area (Å²) in [5, 5.41) is 15.1. The second-order valence-corrected chi connectivity index (χ2v) is 8.05. The number of fused-ring (bicyclic) bond motifs is 2. The van der Waals surface area contributed by atoms with Gasteiger partial charge in [0.15, 0.2) is 0 Å². The molecule has 1 aliphatic heterocycles. The molecule has 1 aliphatic carbocycles. The molecule has 1 amide bonds. The predicted octanol–water partition coefficient (Wildman–Crippen LogP) is 2.32. The van der Waals surface area contributed by atoms with Crippen molar-refractivity contribution in [2.45, 2.75) is 31.7 Å². The molecule has 3 aromatic rings. The van der Waals surface area contributed by atoms with Gasteiger partial charge in [0.1, 0.15) is 12.0 Å². The molecule has 0 radical (unpaired) electrons. The average Bonchev–Trinajstić information content (AvgIpc) is 3.43. The topological polar surface area (TPSA) is 103 Å². The van der Waals surface area contributed by atoms with E-state index < -0.39 is 0 Å². The minimum absolute atomic E-state index is 0.140. The van der Waals surface area contributed by atoms with Crippen molar-refractivity contribution in [3.8, 4) is 17.3 Å². The van der Waals surface area contributed by atoms with Gasteiger partial charge in [-0.25, -0.2) is 9.97 Å². The van der Waals surface area contributed by atoms with E-state index >= 15 is 0 Å². The van der Waals surface area contributed by atoms with Gasteiger partial charge in [0.2, 0.25) is 5.91 Å². The lowest BCUT2D eigenvalue weighted by molar-refractivity contribution is -0.128. The van der Waals surface area contributed by atoms with E-state index in [2.05, 4.69) is 26.1 Å². The summed E-state index contributed by atoms with van der Waals surface area (Å²) in [6, 6.07) is 4.34. The fraction of sp³-hybridized carbons (Fsp3) is 0.450. The number of H-pyrrole nitrogens is 1. The largest absolute Gasteiger partial charge is 0.346 e. The number of carbonyl (C=O) groups excluding carboxylic acids is 1. The fourth-order valence-electron chi connectivity index (χ4n) is 5.08. The van der Waals surface area contributed by atoms with E-state index in [0.29, 0.717) is 18.3 Å². The maximum Gasteiger partial charge on any atom is 0.219 e. The Hall–Kier alpha value is -3.21. The highest BCUT2D eigenvalue weighted by Gasteiger charge is 2.51. The minimum Gasteiger partial charge on any atom is -0.346 e. The van der Waals surface area contributed by atoms with Crippen molar-refractivity contribution in [3.63, 3.8) is 0 Å². The summed E-state index contributed by atoms with van der Waals surface area (Å²) in [4.78, 5) is 25.5.